The fourth-order valence-corrected chi connectivity index (χ4v) is 3.89. The van der Waals surface area contributed by atoms with Crippen molar-refractivity contribution < 1.29 is 23.5 Å². The van der Waals surface area contributed by atoms with Gasteiger partial charge in [-0.15, -0.1) is 0 Å². The Bertz CT molecular complexity index is 978. The summed E-state index contributed by atoms with van der Waals surface area (Å²) in [5, 5.41) is 3.70. The van der Waals surface area contributed by atoms with Gasteiger partial charge in [0.25, 0.3) is 5.91 Å². The second kappa shape index (κ2) is 7.87. The van der Waals surface area contributed by atoms with E-state index < -0.39 is 5.63 Å². The topological polar surface area (TPSA) is 98.1 Å². The number of likely N-dealkylation sites (tertiary alicyclic amines) is 1. The Morgan fingerprint density at radius 3 is 2.72 bits per heavy atom. The maximum absolute atomic E-state index is 12.5. The summed E-state index contributed by atoms with van der Waals surface area (Å²) in [4.78, 5) is 37.2. The van der Waals surface area contributed by atoms with Gasteiger partial charge in [0, 0.05) is 37.2 Å². The van der Waals surface area contributed by atoms with E-state index >= 15 is 0 Å². The number of ether oxygens (including phenoxy) is 2. The van der Waals surface area contributed by atoms with Crippen LogP contribution < -0.4 is 15.7 Å². The molecular formula is C21H24N2O6. The average Bonchev–Trinajstić information content (AvgIpc) is 2.74. The largest absolute Gasteiger partial charge is 0.484 e. The number of hydrogen-bond acceptors (Lipinski definition) is 6. The van der Waals surface area contributed by atoms with Crippen LogP contribution in [0.5, 0.6) is 5.75 Å². The van der Waals surface area contributed by atoms with Gasteiger partial charge in [0.15, 0.2) is 6.61 Å². The van der Waals surface area contributed by atoms with Crippen LogP contribution in [0, 0.1) is 0 Å². The van der Waals surface area contributed by atoms with Crippen LogP contribution in [0.1, 0.15) is 25.3 Å². The molecule has 1 aromatic heterocycles. The molecule has 2 aliphatic heterocycles. The highest BCUT2D eigenvalue weighted by Gasteiger charge is 2.39. The van der Waals surface area contributed by atoms with Crippen LogP contribution in [0.4, 0.5) is 0 Å². The van der Waals surface area contributed by atoms with Crippen molar-refractivity contribution in [2.24, 2.45) is 0 Å². The summed E-state index contributed by atoms with van der Waals surface area (Å²) in [7, 11) is 0. The zero-order valence-electron chi connectivity index (χ0n) is 16.4. The average molecular weight is 400 g/mol. The number of aryl methyl sites for hydroxylation is 1. The molecule has 2 aromatic rings. The van der Waals surface area contributed by atoms with E-state index in [9.17, 15) is 14.4 Å². The molecule has 8 heteroatoms. The summed E-state index contributed by atoms with van der Waals surface area (Å²) in [6.45, 7) is 3.58. The van der Waals surface area contributed by atoms with E-state index in [-0.39, 0.29) is 30.6 Å². The molecule has 0 aliphatic carbocycles. The molecule has 8 nitrogen and oxygen atoms in total. The highest BCUT2D eigenvalue weighted by molar-refractivity contribution is 5.82. The fraction of sp³-hybridized carbons (Fsp3) is 0.476. The van der Waals surface area contributed by atoms with E-state index in [2.05, 4.69) is 5.32 Å². The van der Waals surface area contributed by atoms with Gasteiger partial charge in [-0.25, -0.2) is 4.79 Å². The van der Waals surface area contributed by atoms with Crippen molar-refractivity contribution in [3.05, 3.63) is 40.2 Å². The number of amides is 2. The normalized spacial score (nSPS) is 18.7. The molecule has 29 heavy (non-hydrogen) atoms. The lowest BCUT2D eigenvalue weighted by Gasteiger charge is -2.43. The number of morpholine rings is 1. The van der Waals surface area contributed by atoms with Crippen LogP contribution >= 0.6 is 0 Å². The monoisotopic (exact) mass is 400 g/mol. The highest BCUT2D eigenvalue weighted by Crippen LogP contribution is 2.28. The van der Waals surface area contributed by atoms with E-state index in [0.29, 0.717) is 43.8 Å². The predicted molar refractivity (Wildman–Crippen MR) is 105 cm³/mol. The minimum absolute atomic E-state index is 0.0783. The molecule has 4 rings (SSSR count). The lowest BCUT2D eigenvalue weighted by atomic mass is 9.90. The van der Waals surface area contributed by atoms with Crippen molar-refractivity contribution in [1.29, 1.82) is 0 Å². The third kappa shape index (κ3) is 4.12. The Hall–Kier alpha value is -2.87. The summed E-state index contributed by atoms with van der Waals surface area (Å²) in [6, 6.07) is 6.76. The molecule has 0 unspecified atom stereocenters. The first-order valence-electron chi connectivity index (χ1n) is 9.86. The Kier molecular flexibility index (Phi) is 5.27. The molecule has 2 amide bonds. The lowest BCUT2D eigenvalue weighted by molar-refractivity contribution is -0.155. The minimum Gasteiger partial charge on any atom is -0.484 e. The van der Waals surface area contributed by atoms with Gasteiger partial charge in [-0.1, -0.05) is 6.92 Å². The van der Waals surface area contributed by atoms with E-state index in [1.165, 1.54) is 6.07 Å². The van der Waals surface area contributed by atoms with Crippen molar-refractivity contribution in [3.63, 3.8) is 0 Å². The summed E-state index contributed by atoms with van der Waals surface area (Å²) in [5.41, 5.74) is 0.613. The Morgan fingerprint density at radius 1 is 1.24 bits per heavy atom. The summed E-state index contributed by atoms with van der Waals surface area (Å²) in [5.74, 6) is 0.275. The standard InChI is InChI=1S/C21H24N2O6/c1-2-14-9-20(26)29-17-10-15(3-4-16(14)17)27-12-19(25)23-7-5-21(6-8-23)13-22-18(24)11-28-21/h3-4,9-10H,2,5-8,11-13H2,1H3,(H,22,24). The smallest absolute Gasteiger partial charge is 0.336 e. The molecule has 2 aliphatic rings. The van der Waals surface area contributed by atoms with Crippen molar-refractivity contribution in [2.45, 2.75) is 31.8 Å². The maximum Gasteiger partial charge on any atom is 0.336 e. The molecule has 0 radical (unpaired) electrons. The van der Waals surface area contributed by atoms with Crippen LogP contribution in [0.15, 0.2) is 33.5 Å². The SMILES string of the molecule is CCc1cc(=O)oc2cc(OCC(=O)N3CCC4(CC3)CNC(=O)CO4)ccc12. The third-order valence-corrected chi connectivity index (χ3v) is 5.69. The van der Waals surface area contributed by atoms with Crippen molar-refractivity contribution in [2.75, 3.05) is 32.8 Å². The number of carbonyl (C=O) groups is 2. The number of nitrogens with one attached hydrogen (secondary N) is 1. The quantitative estimate of drug-likeness (QED) is 0.776. The van der Waals surface area contributed by atoms with Crippen LogP contribution in [0.3, 0.4) is 0 Å². The van der Waals surface area contributed by atoms with Gasteiger partial charge in [0.1, 0.15) is 17.9 Å². The number of hydrogen-bond donors (Lipinski definition) is 1. The van der Waals surface area contributed by atoms with Crippen molar-refractivity contribution in [3.8, 4) is 5.75 Å². The first-order chi connectivity index (χ1) is 14.0. The first kappa shape index (κ1) is 19.4. The van der Waals surface area contributed by atoms with Crippen LogP contribution in [-0.2, 0) is 20.7 Å². The van der Waals surface area contributed by atoms with Gasteiger partial charge in [0.05, 0.1) is 5.60 Å². The molecule has 0 saturated carbocycles. The number of carbonyl (C=O) groups excluding carboxylic acids is 2. The van der Waals surface area contributed by atoms with Crippen LogP contribution in [0.2, 0.25) is 0 Å². The molecule has 2 fully saturated rings. The zero-order valence-corrected chi connectivity index (χ0v) is 16.4. The molecule has 1 spiro atoms. The Balaban J connectivity index is 1.35. The van der Waals surface area contributed by atoms with Gasteiger partial charge in [-0.2, -0.15) is 0 Å². The maximum atomic E-state index is 12.5. The van der Waals surface area contributed by atoms with E-state index in [4.69, 9.17) is 13.9 Å². The number of fused-ring (bicyclic) bond motifs is 1. The van der Waals surface area contributed by atoms with Crippen molar-refractivity contribution >= 4 is 22.8 Å². The second-order valence-corrected chi connectivity index (χ2v) is 7.52. The number of rotatable bonds is 4. The predicted octanol–water partition coefficient (Wildman–Crippen LogP) is 1.24. The molecule has 0 bridgehead atoms. The summed E-state index contributed by atoms with van der Waals surface area (Å²) < 4.78 is 16.6. The van der Waals surface area contributed by atoms with Crippen LogP contribution in [0.25, 0.3) is 11.0 Å². The zero-order chi connectivity index (χ0) is 20.4. The van der Waals surface area contributed by atoms with E-state index in [0.717, 1.165) is 17.4 Å². The second-order valence-electron chi connectivity index (χ2n) is 7.52. The number of benzene rings is 1. The van der Waals surface area contributed by atoms with Gasteiger partial charge in [-0.05, 0) is 37.0 Å². The molecular weight excluding hydrogens is 376 g/mol. The summed E-state index contributed by atoms with van der Waals surface area (Å²) in [6.07, 6.45) is 2.09. The summed E-state index contributed by atoms with van der Waals surface area (Å²) >= 11 is 0. The fourth-order valence-electron chi connectivity index (χ4n) is 3.89. The minimum atomic E-state index is -0.397. The van der Waals surface area contributed by atoms with Gasteiger partial charge < -0.3 is 24.1 Å². The first-order valence-corrected chi connectivity index (χ1v) is 9.86. The van der Waals surface area contributed by atoms with Gasteiger partial charge in [-0.3, -0.25) is 9.59 Å². The number of nitrogens with zero attached hydrogens (tertiary/aromatic N) is 1. The third-order valence-electron chi connectivity index (χ3n) is 5.69. The Labute approximate surface area is 167 Å². The van der Waals surface area contributed by atoms with Gasteiger partial charge in [0.2, 0.25) is 5.91 Å². The van der Waals surface area contributed by atoms with E-state index in [1.54, 1.807) is 17.0 Å². The molecule has 0 atom stereocenters. The molecule has 1 N–H and O–H groups in total. The molecule has 154 valence electrons. The van der Waals surface area contributed by atoms with Gasteiger partial charge >= 0.3 is 5.63 Å². The van der Waals surface area contributed by atoms with E-state index in [1.807, 2.05) is 13.0 Å². The number of piperidine rings is 1. The highest BCUT2D eigenvalue weighted by atomic mass is 16.5. The van der Waals surface area contributed by atoms with Crippen molar-refractivity contribution in [1.82, 2.24) is 10.2 Å². The molecule has 1 aromatic carbocycles. The Morgan fingerprint density at radius 2 is 2.03 bits per heavy atom. The lowest BCUT2D eigenvalue weighted by Crippen LogP contribution is -2.58. The van der Waals surface area contributed by atoms with Crippen LogP contribution in [-0.4, -0.2) is 55.2 Å². The molecule has 3 heterocycles. The molecule has 2 saturated heterocycles.